The van der Waals surface area contributed by atoms with Gasteiger partial charge in [0.05, 0.1) is 23.1 Å². The van der Waals surface area contributed by atoms with Crippen LogP contribution in [-0.2, 0) is 22.8 Å². The molecule has 2 N–H and O–H groups in total. The molecule has 0 amide bonds. The average Bonchev–Trinajstić information content (AvgIpc) is 3.19. The Balaban J connectivity index is 1.40. The Labute approximate surface area is 254 Å². The van der Waals surface area contributed by atoms with Crippen molar-refractivity contribution in [2.75, 3.05) is 29.9 Å². The van der Waals surface area contributed by atoms with E-state index in [1.54, 1.807) is 6.20 Å². The Hall–Kier alpha value is -4.13. The van der Waals surface area contributed by atoms with Crippen LogP contribution >= 0.6 is 0 Å². The van der Waals surface area contributed by atoms with Crippen molar-refractivity contribution < 1.29 is 27.2 Å². The summed E-state index contributed by atoms with van der Waals surface area (Å²) in [5.41, 5.74) is 4.29. The van der Waals surface area contributed by atoms with Gasteiger partial charge < -0.3 is 19.6 Å². The van der Waals surface area contributed by atoms with Crippen molar-refractivity contribution >= 4 is 27.1 Å². The highest BCUT2D eigenvalue weighted by Crippen LogP contribution is 2.40. The van der Waals surface area contributed by atoms with Crippen molar-refractivity contribution in [2.24, 2.45) is 4.36 Å². The highest BCUT2D eigenvalue weighted by Gasteiger charge is 2.43. The number of aromatic nitrogens is 1. The lowest BCUT2D eigenvalue weighted by atomic mass is 9.94. The lowest BCUT2D eigenvalue weighted by Gasteiger charge is -2.47. The number of alkyl halides is 3. The summed E-state index contributed by atoms with van der Waals surface area (Å²) in [6, 6.07) is 25.4. The number of fused-ring (bicyclic) bond motifs is 2. The number of hydrogen-bond donors (Lipinski definition) is 2. The van der Waals surface area contributed by atoms with Gasteiger partial charge in [-0.05, 0) is 72.5 Å². The van der Waals surface area contributed by atoms with Gasteiger partial charge in [0.1, 0.15) is 21.5 Å². The standard InChI is InChI=1S/C32H32F3N5O3S/c1-36-44(42,25-17-15-24(16-18-25)43-32(33,34)35)38-26-20-39(30-12-6-7-19-37-30)21-29(31(26)41)40-27-10-4-2-8-22(27)13-14-23-9-3-5-11-28(23)40/h2-12,15-19,26,29,31,41H,13-14,20-21H2,1H3,(H,36,38,42). The van der Waals surface area contributed by atoms with Gasteiger partial charge in [0.2, 0.25) is 0 Å². The largest absolute Gasteiger partial charge is 0.573 e. The van der Waals surface area contributed by atoms with Crippen LogP contribution in [0.5, 0.6) is 5.75 Å². The number of pyridine rings is 1. The zero-order valence-electron chi connectivity index (χ0n) is 23.9. The minimum Gasteiger partial charge on any atom is -0.406 e. The SMILES string of the molecule is CN=S(=O)(NC1CN(c2ccccn2)CC(N2c3ccccc3CCc3ccccc32)C1O)c1ccc(OC(F)(F)F)cc1. The van der Waals surface area contributed by atoms with E-state index in [1.165, 1.54) is 19.2 Å². The summed E-state index contributed by atoms with van der Waals surface area (Å²) in [5, 5.41) is 12.1. The molecule has 4 aromatic rings. The summed E-state index contributed by atoms with van der Waals surface area (Å²) in [4.78, 5) is 8.95. The number of aliphatic hydroxyl groups excluding tert-OH is 1. The average molecular weight is 624 g/mol. The molecular formula is C32H32F3N5O3S. The second-order valence-electron chi connectivity index (χ2n) is 10.7. The fraction of sp³-hybridized carbons (Fsp3) is 0.281. The summed E-state index contributed by atoms with van der Waals surface area (Å²) < 4.78 is 63.6. The molecule has 230 valence electrons. The third-order valence-corrected chi connectivity index (χ3v) is 10.1. The monoisotopic (exact) mass is 623 g/mol. The van der Waals surface area contributed by atoms with Gasteiger partial charge in [0.15, 0.2) is 0 Å². The van der Waals surface area contributed by atoms with Crippen LogP contribution in [0.1, 0.15) is 11.1 Å². The molecule has 2 aliphatic rings. The maximum Gasteiger partial charge on any atom is 0.573 e. The fourth-order valence-corrected chi connectivity index (χ4v) is 7.60. The number of anilines is 3. The van der Waals surface area contributed by atoms with Crippen molar-refractivity contribution in [3.8, 4) is 5.75 Å². The Morgan fingerprint density at radius 1 is 0.909 bits per heavy atom. The molecule has 0 radical (unpaired) electrons. The number of nitrogens with zero attached hydrogens (tertiary/aromatic N) is 4. The molecular weight excluding hydrogens is 591 g/mol. The molecule has 1 aromatic heterocycles. The minimum absolute atomic E-state index is 0.165. The topological polar surface area (TPSA) is 90.3 Å². The lowest BCUT2D eigenvalue weighted by Crippen LogP contribution is -2.65. The highest BCUT2D eigenvalue weighted by atomic mass is 32.2. The zero-order valence-corrected chi connectivity index (χ0v) is 24.7. The molecule has 12 heteroatoms. The second kappa shape index (κ2) is 12.1. The second-order valence-corrected chi connectivity index (χ2v) is 12.9. The first-order chi connectivity index (χ1) is 21.1. The zero-order chi connectivity index (χ0) is 30.9. The lowest BCUT2D eigenvalue weighted by molar-refractivity contribution is -0.274. The number of piperidine rings is 1. The molecule has 1 saturated heterocycles. The molecule has 4 atom stereocenters. The first-order valence-electron chi connectivity index (χ1n) is 14.2. The first-order valence-corrected chi connectivity index (χ1v) is 15.7. The van der Waals surface area contributed by atoms with E-state index in [0.29, 0.717) is 12.4 Å². The maximum absolute atomic E-state index is 14.2. The van der Waals surface area contributed by atoms with Gasteiger partial charge in [-0.3, -0.25) is 0 Å². The Kier molecular flexibility index (Phi) is 8.23. The molecule has 3 aromatic carbocycles. The quantitative estimate of drug-likeness (QED) is 0.295. The van der Waals surface area contributed by atoms with Crippen molar-refractivity contribution in [3.63, 3.8) is 0 Å². The van der Waals surface area contributed by atoms with Crippen molar-refractivity contribution in [3.05, 3.63) is 108 Å². The van der Waals surface area contributed by atoms with E-state index in [9.17, 15) is 22.5 Å². The molecule has 2 aliphatic heterocycles. The van der Waals surface area contributed by atoms with E-state index in [0.717, 1.165) is 47.5 Å². The van der Waals surface area contributed by atoms with E-state index in [1.807, 2.05) is 47.4 Å². The van der Waals surface area contributed by atoms with Crippen LogP contribution in [0, 0.1) is 0 Å². The number of benzene rings is 3. The predicted octanol–water partition coefficient (Wildman–Crippen LogP) is 5.50. The number of aliphatic hydroxyl groups is 1. The van der Waals surface area contributed by atoms with Gasteiger partial charge in [-0.15, -0.1) is 13.2 Å². The summed E-state index contributed by atoms with van der Waals surface area (Å²) in [5.74, 6) is 0.262. The number of nitrogens with one attached hydrogen (secondary N) is 1. The summed E-state index contributed by atoms with van der Waals surface area (Å²) in [7, 11) is -2.00. The van der Waals surface area contributed by atoms with Crippen LogP contribution in [0.2, 0.25) is 0 Å². The molecule has 8 nitrogen and oxygen atoms in total. The van der Waals surface area contributed by atoms with Gasteiger partial charge in [-0.25, -0.2) is 18.3 Å². The molecule has 1 fully saturated rings. The first kappa shape index (κ1) is 29.9. The molecule has 0 bridgehead atoms. The molecule has 0 saturated carbocycles. The van der Waals surface area contributed by atoms with E-state index in [2.05, 4.69) is 48.0 Å². The third-order valence-electron chi connectivity index (χ3n) is 8.05. The maximum atomic E-state index is 14.2. The Morgan fingerprint density at radius 3 is 2.09 bits per heavy atom. The van der Waals surface area contributed by atoms with Gasteiger partial charge >= 0.3 is 6.36 Å². The van der Waals surface area contributed by atoms with Crippen LogP contribution in [0.25, 0.3) is 0 Å². The van der Waals surface area contributed by atoms with E-state index < -0.39 is 40.2 Å². The van der Waals surface area contributed by atoms with E-state index in [4.69, 9.17) is 0 Å². The van der Waals surface area contributed by atoms with Crippen LogP contribution < -0.4 is 19.3 Å². The summed E-state index contributed by atoms with van der Waals surface area (Å²) in [6.07, 6.45) is -2.49. The molecule has 6 rings (SSSR count). The third kappa shape index (κ3) is 6.10. The van der Waals surface area contributed by atoms with Gasteiger partial charge in [-0.1, -0.05) is 42.5 Å². The Bertz CT molecular complexity index is 1680. The van der Waals surface area contributed by atoms with Gasteiger partial charge in [-0.2, -0.15) is 0 Å². The molecule has 3 heterocycles. The molecule has 0 spiro atoms. The normalized spacial score (nSPS) is 21.4. The van der Waals surface area contributed by atoms with Crippen LogP contribution in [0.15, 0.2) is 106 Å². The molecule has 0 aliphatic carbocycles. The van der Waals surface area contributed by atoms with Gasteiger partial charge in [0, 0.05) is 37.7 Å². The van der Waals surface area contributed by atoms with Crippen LogP contribution in [0.3, 0.4) is 0 Å². The van der Waals surface area contributed by atoms with Crippen molar-refractivity contribution in [1.82, 2.24) is 9.71 Å². The smallest absolute Gasteiger partial charge is 0.406 e. The van der Waals surface area contributed by atoms with Crippen molar-refractivity contribution in [1.29, 1.82) is 0 Å². The number of aryl methyl sites for hydroxylation is 2. The Morgan fingerprint density at radius 2 is 1.52 bits per heavy atom. The van der Waals surface area contributed by atoms with Crippen LogP contribution in [-0.4, -0.2) is 59.0 Å². The number of hydrogen-bond acceptors (Lipinski definition) is 7. The number of rotatable bonds is 6. The summed E-state index contributed by atoms with van der Waals surface area (Å²) >= 11 is 0. The number of halogens is 3. The highest BCUT2D eigenvalue weighted by molar-refractivity contribution is 7.91. The minimum atomic E-state index is -4.85. The predicted molar refractivity (Wildman–Crippen MR) is 163 cm³/mol. The summed E-state index contributed by atoms with van der Waals surface area (Å²) in [6.45, 7) is 0.681. The van der Waals surface area contributed by atoms with E-state index in [-0.39, 0.29) is 11.4 Å². The molecule has 44 heavy (non-hydrogen) atoms. The van der Waals surface area contributed by atoms with Crippen molar-refractivity contribution in [2.45, 2.75) is 42.3 Å². The fourth-order valence-electron chi connectivity index (χ4n) is 6.02. The van der Waals surface area contributed by atoms with Gasteiger partial charge in [0.25, 0.3) is 0 Å². The van der Waals surface area contributed by atoms with Crippen LogP contribution in [0.4, 0.5) is 30.4 Å². The number of para-hydroxylation sites is 2. The van der Waals surface area contributed by atoms with E-state index >= 15 is 0 Å². The number of ether oxygens (including phenoxy) is 1. The molecule has 4 unspecified atom stereocenters.